The molecule has 3 aromatic rings. The number of para-hydroxylation sites is 2. The Balaban J connectivity index is 0.00000451. The van der Waals surface area contributed by atoms with Crippen molar-refractivity contribution in [2.75, 3.05) is 49.5 Å². The topological polar surface area (TPSA) is 73.0 Å². The predicted molar refractivity (Wildman–Crippen MR) is 188 cm³/mol. The van der Waals surface area contributed by atoms with Crippen molar-refractivity contribution < 1.29 is 23.2 Å². The average Bonchev–Trinajstić information content (AvgIpc) is 3.21. The van der Waals surface area contributed by atoms with Crippen molar-refractivity contribution in [3.63, 3.8) is 0 Å². The number of halogens is 3. The fraction of sp³-hybridized carbons (Fsp3) is 0.263. The summed E-state index contributed by atoms with van der Waals surface area (Å²) in [5, 5.41) is 2.89. The fourth-order valence-corrected chi connectivity index (χ4v) is 6.49. The van der Waals surface area contributed by atoms with Gasteiger partial charge >= 0.3 is 0 Å². The number of allylic oxidation sites excluding steroid dienone is 1. The Morgan fingerprint density at radius 2 is 1.56 bits per heavy atom. The summed E-state index contributed by atoms with van der Waals surface area (Å²) in [5.41, 5.74) is 2.38. The number of carbonyl (C=O) groups excluding carboxylic acids is 3. The maximum atomic E-state index is 16.0. The van der Waals surface area contributed by atoms with Crippen LogP contribution in [0.15, 0.2) is 114 Å². The van der Waals surface area contributed by atoms with Crippen molar-refractivity contribution >= 4 is 52.7 Å². The van der Waals surface area contributed by atoms with E-state index in [0.29, 0.717) is 48.7 Å². The number of amides is 2. The van der Waals surface area contributed by atoms with E-state index in [4.69, 9.17) is 0 Å². The molecule has 248 valence electrons. The molecule has 3 aromatic carbocycles. The molecule has 7 nitrogen and oxygen atoms in total. The average molecular weight is 671 g/mol. The van der Waals surface area contributed by atoms with Crippen LogP contribution >= 0.6 is 12.4 Å². The van der Waals surface area contributed by atoms with E-state index >= 15 is 8.78 Å². The highest BCUT2D eigenvalue weighted by molar-refractivity contribution is 6.15. The van der Waals surface area contributed by atoms with Gasteiger partial charge in [-0.25, -0.2) is 13.6 Å². The molecule has 1 fully saturated rings. The first-order valence-electron chi connectivity index (χ1n) is 15.9. The van der Waals surface area contributed by atoms with Crippen molar-refractivity contribution in [3.05, 3.63) is 125 Å². The Bertz CT molecular complexity index is 1790. The van der Waals surface area contributed by atoms with Gasteiger partial charge < -0.3 is 20.0 Å². The lowest BCUT2D eigenvalue weighted by Gasteiger charge is -2.35. The van der Waals surface area contributed by atoms with Gasteiger partial charge in [-0.3, -0.25) is 9.59 Å². The van der Waals surface area contributed by atoms with Crippen molar-refractivity contribution in [1.29, 1.82) is 0 Å². The zero-order chi connectivity index (χ0) is 33.0. The third kappa shape index (κ3) is 7.04. The van der Waals surface area contributed by atoms with Crippen molar-refractivity contribution in [2.45, 2.75) is 25.3 Å². The van der Waals surface area contributed by atoms with Gasteiger partial charge in [0.2, 0.25) is 5.91 Å². The summed E-state index contributed by atoms with van der Waals surface area (Å²) in [5.74, 6) is -2.08. The van der Waals surface area contributed by atoms with Crippen LogP contribution in [0.25, 0.3) is 11.1 Å². The van der Waals surface area contributed by atoms with Crippen LogP contribution < -0.4 is 10.2 Å². The second-order valence-electron chi connectivity index (χ2n) is 11.8. The zero-order valence-electron chi connectivity index (χ0n) is 26.6. The molecular weight excluding hydrogens is 634 g/mol. The molecule has 2 amide bonds. The normalized spacial score (nSPS) is 20.0. The number of likely N-dealkylation sites (N-methyl/N-ethyl adjacent to an activating group) is 1. The molecular formula is C38H37ClF2N4O3. The van der Waals surface area contributed by atoms with Gasteiger partial charge in [-0.15, -0.1) is 12.4 Å². The first-order valence-corrected chi connectivity index (χ1v) is 15.9. The highest BCUT2D eigenvalue weighted by Gasteiger charge is 2.43. The predicted octanol–water partition coefficient (Wildman–Crippen LogP) is 6.29. The van der Waals surface area contributed by atoms with E-state index in [1.54, 1.807) is 82.6 Å². The van der Waals surface area contributed by atoms with Gasteiger partial charge in [-0.2, -0.15) is 0 Å². The van der Waals surface area contributed by atoms with Crippen LogP contribution in [0.2, 0.25) is 0 Å². The van der Waals surface area contributed by atoms with Crippen LogP contribution in [0.4, 0.5) is 20.2 Å². The minimum atomic E-state index is -3.31. The van der Waals surface area contributed by atoms with E-state index in [9.17, 15) is 14.4 Å². The Hall–Kier alpha value is -4.82. The van der Waals surface area contributed by atoms with Crippen LogP contribution in [0, 0.1) is 0 Å². The molecule has 1 N–H and O–H groups in total. The minimum absolute atomic E-state index is 0. The number of nitrogens with one attached hydrogen (secondary N) is 1. The standard InChI is InChI=1S/C38H36F2N4O3.ClH/c1-2-42-21-23-43(24-22-42)35(46)25-32-29-15-9-10-16-33(29)44(20-19-38(32,39)40)34-18-17-30(37(47)41-28-13-7-4-8-14-28)36(31(34)26-45)27-11-5-3-6-12-27;/h3-18,25,34H,2,19-24H2,1H3,(H,41,47);1H. The molecule has 10 heteroatoms. The lowest BCUT2D eigenvalue weighted by Crippen LogP contribution is -2.48. The summed E-state index contributed by atoms with van der Waals surface area (Å²) in [6, 6.07) is 24.0. The molecule has 0 aromatic heterocycles. The number of alkyl halides is 2. The molecule has 2 heterocycles. The van der Waals surface area contributed by atoms with Crippen LogP contribution in [-0.2, 0) is 14.4 Å². The number of anilines is 2. The third-order valence-electron chi connectivity index (χ3n) is 9.03. The Labute approximate surface area is 285 Å². The number of rotatable bonds is 6. The molecule has 1 aliphatic carbocycles. The van der Waals surface area contributed by atoms with E-state index in [1.807, 2.05) is 24.3 Å². The SMILES string of the molecule is CCN1CCN(C(=O)C=C2c3ccccc3N(C3C=CC(C(=O)Nc4ccccc4)=C(c4ccccc4)C3=C=O)CCC2(F)F)CC1.Cl. The largest absolute Gasteiger partial charge is 0.359 e. The van der Waals surface area contributed by atoms with E-state index in [-0.39, 0.29) is 41.2 Å². The lowest BCUT2D eigenvalue weighted by atomic mass is 9.84. The maximum Gasteiger partial charge on any atom is 0.275 e. The minimum Gasteiger partial charge on any atom is -0.359 e. The number of nitrogens with zero attached hydrogens (tertiary/aromatic N) is 3. The molecule has 0 spiro atoms. The first-order chi connectivity index (χ1) is 22.8. The van der Waals surface area contributed by atoms with E-state index in [1.165, 1.54) is 0 Å². The van der Waals surface area contributed by atoms with Gasteiger partial charge in [0.25, 0.3) is 11.8 Å². The number of piperazine rings is 1. The van der Waals surface area contributed by atoms with E-state index in [2.05, 4.69) is 23.1 Å². The van der Waals surface area contributed by atoms with Gasteiger partial charge in [0.05, 0.1) is 11.6 Å². The maximum absolute atomic E-state index is 16.0. The summed E-state index contributed by atoms with van der Waals surface area (Å²) in [4.78, 5) is 45.4. The number of hydrogen-bond acceptors (Lipinski definition) is 5. The highest BCUT2D eigenvalue weighted by Crippen LogP contribution is 2.46. The molecule has 1 unspecified atom stereocenters. The third-order valence-corrected chi connectivity index (χ3v) is 9.03. The zero-order valence-corrected chi connectivity index (χ0v) is 27.4. The molecule has 2 aliphatic heterocycles. The Kier molecular flexibility index (Phi) is 10.7. The van der Waals surface area contributed by atoms with Gasteiger partial charge in [0.1, 0.15) is 5.94 Å². The Morgan fingerprint density at radius 1 is 0.917 bits per heavy atom. The van der Waals surface area contributed by atoms with Crippen LogP contribution in [0.5, 0.6) is 0 Å². The molecule has 6 rings (SSSR count). The van der Waals surface area contributed by atoms with E-state index in [0.717, 1.165) is 12.6 Å². The van der Waals surface area contributed by atoms with Crippen LogP contribution in [-0.4, -0.2) is 78.8 Å². The van der Waals surface area contributed by atoms with Gasteiger partial charge in [0, 0.05) is 78.9 Å². The quantitative estimate of drug-likeness (QED) is 0.247. The number of benzene rings is 3. The molecule has 1 saturated heterocycles. The van der Waals surface area contributed by atoms with Gasteiger partial charge in [0.15, 0.2) is 0 Å². The van der Waals surface area contributed by atoms with E-state index < -0.39 is 30.2 Å². The monoisotopic (exact) mass is 670 g/mol. The summed E-state index contributed by atoms with van der Waals surface area (Å²) >= 11 is 0. The first kappa shape index (κ1) is 34.5. The molecule has 0 bridgehead atoms. The van der Waals surface area contributed by atoms with Crippen LogP contribution in [0.1, 0.15) is 24.5 Å². The van der Waals surface area contributed by atoms with Crippen molar-refractivity contribution in [2.24, 2.45) is 0 Å². The molecule has 0 radical (unpaired) electrons. The second kappa shape index (κ2) is 14.9. The van der Waals surface area contributed by atoms with Crippen LogP contribution in [0.3, 0.4) is 0 Å². The molecule has 0 saturated carbocycles. The lowest BCUT2D eigenvalue weighted by molar-refractivity contribution is -0.127. The summed E-state index contributed by atoms with van der Waals surface area (Å²) in [6.45, 7) is 5.17. The number of carbonyl (C=O) groups is 2. The molecule has 3 aliphatic rings. The summed E-state index contributed by atoms with van der Waals surface area (Å²) < 4.78 is 32.1. The summed E-state index contributed by atoms with van der Waals surface area (Å²) in [6.07, 6.45) is 3.85. The van der Waals surface area contributed by atoms with Crippen molar-refractivity contribution in [1.82, 2.24) is 9.80 Å². The number of hydrogen-bond donors (Lipinski definition) is 1. The second-order valence-corrected chi connectivity index (χ2v) is 11.8. The van der Waals surface area contributed by atoms with Gasteiger partial charge in [-0.05, 0) is 30.3 Å². The highest BCUT2D eigenvalue weighted by atomic mass is 35.5. The number of fused-ring (bicyclic) bond motifs is 1. The van der Waals surface area contributed by atoms with Crippen molar-refractivity contribution in [3.8, 4) is 0 Å². The van der Waals surface area contributed by atoms with Gasteiger partial charge in [-0.1, -0.05) is 85.8 Å². The summed E-state index contributed by atoms with van der Waals surface area (Å²) in [7, 11) is 0. The fourth-order valence-electron chi connectivity index (χ4n) is 6.49. The molecule has 1 atom stereocenters. The Morgan fingerprint density at radius 3 is 2.23 bits per heavy atom. The smallest absolute Gasteiger partial charge is 0.275 e. The molecule has 48 heavy (non-hydrogen) atoms.